The number of ketones is 1. The van der Waals surface area contributed by atoms with E-state index in [0.29, 0.717) is 24.4 Å². The van der Waals surface area contributed by atoms with Crippen LogP contribution in [0.1, 0.15) is 30.6 Å². The van der Waals surface area contributed by atoms with Crippen molar-refractivity contribution in [3.8, 4) is 5.75 Å². The summed E-state index contributed by atoms with van der Waals surface area (Å²) in [5.41, 5.74) is 1.82. The summed E-state index contributed by atoms with van der Waals surface area (Å²) < 4.78 is 5.41. The van der Waals surface area contributed by atoms with Crippen molar-refractivity contribution in [2.45, 2.75) is 26.3 Å². The first-order valence-corrected chi connectivity index (χ1v) is 9.18. The normalized spacial score (nSPS) is 16.0. The molecule has 0 spiro atoms. The number of urea groups is 1. The number of carbonyl (C=O) groups is 3. The molecule has 0 aliphatic carbocycles. The van der Waals surface area contributed by atoms with Gasteiger partial charge in [0.2, 0.25) is 5.91 Å². The summed E-state index contributed by atoms with van der Waals surface area (Å²) in [6.07, 6.45) is 0.230. The molecule has 0 radical (unpaired) electrons. The second-order valence-corrected chi connectivity index (χ2v) is 6.57. The molecule has 1 aliphatic heterocycles. The number of ether oxygens (including phenoxy) is 1. The van der Waals surface area contributed by atoms with Gasteiger partial charge in [0.1, 0.15) is 5.75 Å². The molecule has 1 atom stereocenters. The third kappa shape index (κ3) is 4.68. The number of carbonyl (C=O) groups excluding carboxylic acids is 3. The van der Waals surface area contributed by atoms with E-state index in [4.69, 9.17) is 4.74 Å². The summed E-state index contributed by atoms with van der Waals surface area (Å²) in [5, 5.41) is 5.52. The molecule has 3 rings (SSSR count). The quantitative estimate of drug-likeness (QED) is 0.752. The second-order valence-electron chi connectivity index (χ2n) is 6.57. The van der Waals surface area contributed by atoms with Crippen LogP contribution in [0.5, 0.6) is 5.75 Å². The molecule has 1 saturated heterocycles. The van der Waals surface area contributed by atoms with Crippen molar-refractivity contribution in [2.24, 2.45) is 0 Å². The largest absolute Gasteiger partial charge is 0.494 e. The van der Waals surface area contributed by atoms with Gasteiger partial charge < -0.3 is 20.3 Å². The van der Waals surface area contributed by atoms with Crippen molar-refractivity contribution >= 4 is 29.1 Å². The van der Waals surface area contributed by atoms with Crippen molar-refractivity contribution in [1.82, 2.24) is 5.32 Å². The summed E-state index contributed by atoms with van der Waals surface area (Å²) in [7, 11) is 0. The molecule has 0 saturated carbocycles. The number of amides is 3. The van der Waals surface area contributed by atoms with Crippen LogP contribution in [0.3, 0.4) is 0 Å². The van der Waals surface area contributed by atoms with E-state index in [1.165, 1.54) is 6.92 Å². The van der Waals surface area contributed by atoms with Crippen LogP contribution in [-0.4, -0.2) is 36.9 Å². The van der Waals surface area contributed by atoms with Gasteiger partial charge in [-0.15, -0.1) is 0 Å². The van der Waals surface area contributed by atoms with Gasteiger partial charge in [0.15, 0.2) is 5.78 Å². The highest BCUT2D eigenvalue weighted by Crippen LogP contribution is 2.24. The molecular formula is C21H23N3O4. The van der Waals surface area contributed by atoms with E-state index in [2.05, 4.69) is 10.6 Å². The minimum Gasteiger partial charge on any atom is -0.494 e. The number of Topliss-reactive ketones (excluding diaryl/α,β-unsaturated/α-hetero) is 1. The molecule has 7 nitrogen and oxygen atoms in total. The van der Waals surface area contributed by atoms with Crippen molar-refractivity contribution in [1.29, 1.82) is 0 Å². The number of nitrogens with one attached hydrogen (secondary N) is 2. The van der Waals surface area contributed by atoms with Crippen molar-refractivity contribution in [2.75, 3.05) is 23.4 Å². The SMILES string of the molecule is CCOc1ccc(N2C[C@H](NC(=O)Nc3cccc(C(C)=O)c3)CC2=O)cc1. The van der Waals surface area contributed by atoms with Gasteiger partial charge in [-0.2, -0.15) is 0 Å². The van der Waals surface area contributed by atoms with Gasteiger partial charge >= 0.3 is 6.03 Å². The molecule has 0 bridgehead atoms. The van der Waals surface area contributed by atoms with Crippen LogP contribution >= 0.6 is 0 Å². The van der Waals surface area contributed by atoms with E-state index in [1.54, 1.807) is 29.2 Å². The Kier molecular flexibility index (Phi) is 5.93. The van der Waals surface area contributed by atoms with Gasteiger partial charge in [-0.1, -0.05) is 12.1 Å². The van der Waals surface area contributed by atoms with E-state index < -0.39 is 6.03 Å². The van der Waals surface area contributed by atoms with E-state index in [9.17, 15) is 14.4 Å². The lowest BCUT2D eigenvalue weighted by molar-refractivity contribution is -0.117. The molecule has 28 heavy (non-hydrogen) atoms. The summed E-state index contributed by atoms with van der Waals surface area (Å²) in [4.78, 5) is 37.7. The highest BCUT2D eigenvalue weighted by atomic mass is 16.5. The molecule has 1 heterocycles. The Morgan fingerprint density at radius 2 is 1.93 bits per heavy atom. The Morgan fingerprint density at radius 3 is 2.61 bits per heavy atom. The van der Waals surface area contributed by atoms with E-state index in [1.807, 2.05) is 31.2 Å². The fourth-order valence-corrected chi connectivity index (χ4v) is 3.11. The van der Waals surface area contributed by atoms with Gasteiger partial charge in [-0.25, -0.2) is 4.79 Å². The van der Waals surface area contributed by atoms with Crippen molar-refractivity contribution in [3.05, 3.63) is 54.1 Å². The number of hydrogen-bond donors (Lipinski definition) is 2. The molecule has 2 aromatic carbocycles. The first-order valence-electron chi connectivity index (χ1n) is 9.18. The Labute approximate surface area is 163 Å². The maximum Gasteiger partial charge on any atom is 0.319 e. The van der Waals surface area contributed by atoms with Crippen molar-refractivity contribution in [3.63, 3.8) is 0 Å². The van der Waals surface area contributed by atoms with E-state index in [0.717, 1.165) is 11.4 Å². The summed E-state index contributed by atoms with van der Waals surface area (Å²) >= 11 is 0. The number of anilines is 2. The second kappa shape index (κ2) is 8.56. The average Bonchev–Trinajstić information content (AvgIpc) is 3.02. The standard InChI is InChI=1S/C21H23N3O4/c1-3-28-19-9-7-18(8-10-19)24-13-17(12-20(24)26)23-21(27)22-16-6-4-5-15(11-16)14(2)25/h4-11,17H,3,12-13H2,1-2H3,(H2,22,23,27)/t17-/m1/s1. The first-order chi connectivity index (χ1) is 13.5. The van der Waals surface area contributed by atoms with Crippen molar-refractivity contribution < 1.29 is 19.1 Å². The maximum atomic E-state index is 12.3. The van der Waals surface area contributed by atoms with Crippen LogP contribution in [0, 0.1) is 0 Å². The van der Waals surface area contributed by atoms with E-state index in [-0.39, 0.29) is 24.2 Å². The molecule has 1 fully saturated rings. The molecule has 2 N–H and O–H groups in total. The third-order valence-corrected chi connectivity index (χ3v) is 4.45. The summed E-state index contributed by atoms with van der Waals surface area (Å²) in [6, 6.07) is 13.3. The third-order valence-electron chi connectivity index (χ3n) is 4.45. The van der Waals surface area contributed by atoms with Crippen LogP contribution in [0.4, 0.5) is 16.2 Å². The zero-order valence-corrected chi connectivity index (χ0v) is 15.9. The zero-order valence-electron chi connectivity index (χ0n) is 15.9. The van der Waals surface area contributed by atoms with Crippen LogP contribution in [0.25, 0.3) is 0 Å². The lowest BCUT2D eigenvalue weighted by Crippen LogP contribution is -2.39. The van der Waals surface area contributed by atoms with Crippen LogP contribution in [0.15, 0.2) is 48.5 Å². The van der Waals surface area contributed by atoms with Gasteiger partial charge in [0.05, 0.1) is 12.6 Å². The topological polar surface area (TPSA) is 87.7 Å². The lowest BCUT2D eigenvalue weighted by Gasteiger charge is -2.18. The van der Waals surface area contributed by atoms with Crippen LogP contribution in [-0.2, 0) is 4.79 Å². The predicted octanol–water partition coefficient (Wildman–Crippen LogP) is 3.21. The Bertz CT molecular complexity index is 879. The minimum absolute atomic E-state index is 0.0481. The fourth-order valence-electron chi connectivity index (χ4n) is 3.11. The van der Waals surface area contributed by atoms with Crippen LogP contribution < -0.4 is 20.3 Å². The smallest absolute Gasteiger partial charge is 0.319 e. The first kappa shape index (κ1) is 19.4. The van der Waals surface area contributed by atoms with Gasteiger partial charge in [-0.05, 0) is 50.2 Å². The highest BCUT2D eigenvalue weighted by Gasteiger charge is 2.31. The summed E-state index contributed by atoms with van der Waals surface area (Å²) in [6.45, 7) is 4.36. The summed E-state index contributed by atoms with van der Waals surface area (Å²) in [5.74, 6) is 0.629. The number of nitrogens with zero attached hydrogens (tertiary/aromatic N) is 1. The van der Waals surface area contributed by atoms with Gasteiger partial charge in [0, 0.05) is 29.9 Å². The molecule has 2 aromatic rings. The number of rotatable bonds is 6. The fraction of sp³-hybridized carbons (Fsp3) is 0.286. The molecule has 1 aliphatic rings. The molecular weight excluding hydrogens is 358 g/mol. The molecule has 0 unspecified atom stereocenters. The number of benzene rings is 2. The van der Waals surface area contributed by atoms with Gasteiger partial charge in [0.25, 0.3) is 0 Å². The average molecular weight is 381 g/mol. The lowest BCUT2D eigenvalue weighted by atomic mass is 10.1. The maximum absolute atomic E-state index is 12.3. The number of hydrogen-bond acceptors (Lipinski definition) is 4. The highest BCUT2D eigenvalue weighted by molar-refractivity contribution is 5.98. The Hall–Kier alpha value is -3.35. The Balaban J connectivity index is 1.58. The van der Waals surface area contributed by atoms with Crippen LogP contribution in [0.2, 0.25) is 0 Å². The molecule has 3 amide bonds. The molecule has 146 valence electrons. The Morgan fingerprint density at radius 1 is 1.18 bits per heavy atom. The molecule has 0 aromatic heterocycles. The minimum atomic E-state index is -0.410. The monoisotopic (exact) mass is 381 g/mol. The molecule has 7 heteroatoms. The van der Waals surface area contributed by atoms with Gasteiger partial charge in [-0.3, -0.25) is 9.59 Å². The van der Waals surface area contributed by atoms with E-state index >= 15 is 0 Å². The predicted molar refractivity (Wildman–Crippen MR) is 107 cm³/mol. The zero-order chi connectivity index (χ0) is 20.1.